The minimum atomic E-state index is -0.839. The Morgan fingerprint density at radius 3 is 2.46 bits per heavy atom. The first kappa shape index (κ1) is 9.70. The first-order valence-electron chi connectivity index (χ1n) is 4.23. The third kappa shape index (κ3) is 2.05. The van der Waals surface area contributed by atoms with E-state index in [1.165, 1.54) is 17.2 Å². The molecule has 0 fully saturated rings. The Morgan fingerprint density at radius 2 is 2.08 bits per heavy atom. The molecule has 0 saturated carbocycles. The second-order valence-corrected chi connectivity index (χ2v) is 3.08. The van der Waals surface area contributed by atoms with E-state index in [0.717, 1.165) is 6.42 Å². The van der Waals surface area contributed by atoms with Crippen molar-refractivity contribution in [3.05, 3.63) is 12.7 Å². The predicted molar refractivity (Wildman–Crippen MR) is 46.1 cm³/mol. The first-order chi connectivity index (χ1) is 6.16. The van der Waals surface area contributed by atoms with Crippen LogP contribution in [0.2, 0.25) is 0 Å². The van der Waals surface area contributed by atoms with Gasteiger partial charge in [0.1, 0.15) is 18.7 Å². The van der Waals surface area contributed by atoms with Gasteiger partial charge in [-0.1, -0.05) is 20.3 Å². The Morgan fingerprint density at radius 1 is 1.54 bits per heavy atom. The van der Waals surface area contributed by atoms with Gasteiger partial charge >= 0.3 is 5.97 Å². The lowest BCUT2D eigenvalue weighted by molar-refractivity contribution is -0.142. The highest BCUT2D eigenvalue weighted by molar-refractivity contribution is 5.72. The summed E-state index contributed by atoms with van der Waals surface area (Å²) < 4.78 is 1.52. The van der Waals surface area contributed by atoms with Crippen LogP contribution < -0.4 is 0 Å². The minimum absolute atomic E-state index is 0.0773. The van der Waals surface area contributed by atoms with Gasteiger partial charge < -0.3 is 9.67 Å². The molecule has 0 bridgehead atoms. The van der Waals surface area contributed by atoms with E-state index >= 15 is 0 Å². The molecule has 13 heavy (non-hydrogen) atoms. The van der Waals surface area contributed by atoms with Crippen molar-refractivity contribution in [1.82, 2.24) is 14.8 Å². The van der Waals surface area contributed by atoms with Crippen molar-refractivity contribution in [2.45, 2.75) is 26.3 Å². The van der Waals surface area contributed by atoms with E-state index in [1.807, 2.05) is 13.8 Å². The molecule has 5 heteroatoms. The third-order valence-electron chi connectivity index (χ3n) is 2.19. The fourth-order valence-corrected chi connectivity index (χ4v) is 1.24. The van der Waals surface area contributed by atoms with Gasteiger partial charge in [-0.05, 0) is 5.92 Å². The highest BCUT2D eigenvalue weighted by Gasteiger charge is 2.24. The largest absolute Gasteiger partial charge is 0.480 e. The molecule has 0 aliphatic carbocycles. The summed E-state index contributed by atoms with van der Waals surface area (Å²) in [5.41, 5.74) is 0. The van der Waals surface area contributed by atoms with E-state index in [2.05, 4.69) is 10.2 Å². The van der Waals surface area contributed by atoms with Crippen LogP contribution in [-0.2, 0) is 4.79 Å². The molecule has 72 valence electrons. The number of aromatic nitrogens is 3. The van der Waals surface area contributed by atoms with Gasteiger partial charge in [0.05, 0.1) is 0 Å². The van der Waals surface area contributed by atoms with Crippen LogP contribution in [0.5, 0.6) is 0 Å². The van der Waals surface area contributed by atoms with Crippen LogP contribution in [0.25, 0.3) is 0 Å². The van der Waals surface area contributed by atoms with Gasteiger partial charge in [0, 0.05) is 0 Å². The minimum Gasteiger partial charge on any atom is -0.480 e. The second-order valence-electron chi connectivity index (χ2n) is 3.08. The Kier molecular flexibility index (Phi) is 3.00. The Balaban J connectivity index is 2.87. The lowest BCUT2D eigenvalue weighted by Crippen LogP contribution is -2.24. The molecule has 2 atom stereocenters. The van der Waals surface area contributed by atoms with Gasteiger partial charge in [-0.15, -0.1) is 10.2 Å². The van der Waals surface area contributed by atoms with E-state index in [0.29, 0.717) is 0 Å². The number of rotatable bonds is 4. The number of carboxylic acid groups (broad SMARTS) is 1. The van der Waals surface area contributed by atoms with Crippen molar-refractivity contribution < 1.29 is 9.90 Å². The van der Waals surface area contributed by atoms with Crippen LogP contribution >= 0.6 is 0 Å². The normalized spacial score (nSPS) is 15.2. The van der Waals surface area contributed by atoms with Crippen LogP contribution in [0.15, 0.2) is 12.7 Å². The van der Waals surface area contributed by atoms with Crippen molar-refractivity contribution in [1.29, 1.82) is 0 Å². The number of aliphatic carboxylic acids is 1. The number of carboxylic acids is 1. The van der Waals surface area contributed by atoms with E-state index in [-0.39, 0.29) is 5.92 Å². The van der Waals surface area contributed by atoms with Crippen LogP contribution in [0.3, 0.4) is 0 Å². The summed E-state index contributed by atoms with van der Waals surface area (Å²) in [5, 5.41) is 16.2. The van der Waals surface area contributed by atoms with Gasteiger partial charge in [0.25, 0.3) is 0 Å². The molecule has 1 N–H and O–H groups in total. The SMILES string of the molecule is CC[C@H](C)[C@@H](C(=O)O)n1cnnc1. The summed E-state index contributed by atoms with van der Waals surface area (Å²) in [6.07, 6.45) is 3.69. The highest BCUT2D eigenvalue weighted by atomic mass is 16.4. The average molecular weight is 183 g/mol. The fraction of sp³-hybridized carbons (Fsp3) is 0.625. The zero-order valence-electron chi connectivity index (χ0n) is 7.71. The maximum Gasteiger partial charge on any atom is 0.327 e. The quantitative estimate of drug-likeness (QED) is 0.754. The van der Waals surface area contributed by atoms with Crippen molar-refractivity contribution >= 4 is 5.97 Å². The first-order valence-corrected chi connectivity index (χ1v) is 4.23. The summed E-state index contributed by atoms with van der Waals surface area (Å²) in [7, 11) is 0. The van der Waals surface area contributed by atoms with E-state index in [1.54, 1.807) is 0 Å². The monoisotopic (exact) mass is 183 g/mol. The maximum absolute atomic E-state index is 10.9. The predicted octanol–water partition coefficient (Wildman–Crippen LogP) is 0.950. The van der Waals surface area contributed by atoms with Gasteiger partial charge in [0.15, 0.2) is 0 Å². The fourth-order valence-electron chi connectivity index (χ4n) is 1.24. The molecule has 0 aromatic carbocycles. The Bertz CT molecular complexity index is 271. The Labute approximate surface area is 76.4 Å². The van der Waals surface area contributed by atoms with E-state index in [9.17, 15) is 4.79 Å². The van der Waals surface area contributed by atoms with Gasteiger partial charge in [-0.25, -0.2) is 4.79 Å². The maximum atomic E-state index is 10.9. The van der Waals surface area contributed by atoms with Crippen molar-refractivity contribution in [3.8, 4) is 0 Å². The summed E-state index contributed by atoms with van der Waals surface area (Å²) >= 11 is 0. The molecule has 0 unspecified atom stereocenters. The molecule has 5 nitrogen and oxygen atoms in total. The van der Waals surface area contributed by atoms with Gasteiger partial charge in [-0.2, -0.15) is 0 Å². The average Bonchev–Trinajstić information content (AvgIpc) is 2.56. The van der Waals surface area contributed by atoms with Crippen LogP contribution in [0.1, 0.15) is 26.3 Å². The molecule has 1 heterocycles. The zero-order valence-corrected chi connectivity index (χ0v) is 7.71. The summed E-state index contributed by atoms with van der Waals surface area (Å²) in [6.45, 7) is 3.86. The molecular weight excluding hydrogens is 170 g/mol. The van der Waals surface area contributed by atoms with Gasteiger partial charge in [0.2, 0.25) is 0 Å². The van der Waals surface area contributed by atoms with Crippen LogP contribution in [0.4, 0.5) is 0 Å². The number of hydrogen-bond acceptors (Lipinski definition) is 3. The van der Waals surface area contributed by atoms with Crippen molar-refractivity contribution in [2.75, 3.05) is 0 Å². The van der Waals surface area contributed by atoms with E-state index in [4.69, 9.17) is 5.11 Å². The molecule has 0 radical (unpaired) electrons. The topological polar surface area (TPSA) is 68.0 Å². The molecule has 1 aromatic heterocycles. The number of nitrogens with zero attached hydrogens (tertiary/aromatic N) is 3. The summed E-state index contributed by atoms with van der Waals surface area (Å²) in [4.78, 5) is 10.9. The van der Waals surface area contributed by atoms with Crippen LogP contribution in [-0.4, -0.2) is 25.8 Å². The van der Waals surface area contributed by atoms with Crippen LogP contribution in [0, 0.1) is 5.92 Å². The number of hydrogen-bond donors (Lipinski definition) is 1. The standard InChI is InChI=1S/C8H13N3O2/c1-3-6(2)7(8(12)13)11-4-9-10-5-11/h4-7H,3H2,1-2H3,(H,12,13)/t6-,7-/m0/s1. The molecular formula is C8H13N3O2. The van der Waals surface area contributed by atoms with Gasteiger partial charge in [-0.3, -0.25) is 0 Å². The molecule has 0 aliphatic rings. The number of carbonyl (C=O) groups is 1. The third-order valence-corrected chi connectivity index (χ3v) is 2.19. The smallest absolute Gasteiger partial charge is 0.327 e. The lowest BCUT2D eigenvalue weighted by Gasteiger charge is -2.18. The van der Waals surface area contributed by atoms with E-state index < -0.39 is 12.0 Å². The molecule has 0 saturated heterocycles. The lowest BCUT2D eigenvalue weighted by atomic mass is 9.99. The molecule has 1 rings (SSSR count). The van der Waals surface area contributed by atoms with Crippen molar-refractivity contribution in [3.63, 3.8) is 0 Å². The molecule has 0 spiro atoms. The van der Waals surface area contributed by atoms with Crippen molar-refractivity contribution in [2.24, 2.45) is 5.92 Å². The molecule has 0 amide bonds. The Hall–Kier alpha value is -1.39. The second kappa shape index (κ2) is 4.02. The molecule has 1 aromatic rings. The molecule has 0 aliphatic heterocycles. The summed E-state index contributed by atoms with van der Waals surface area (Å²) in [6, 6.07) is -0.556. The zero-order chi connectivity index (χ0) is 9.84. The highest BCUT2D eigenvalue weighted by Crippen LogP contribution is 2.20. The summed E-state index contributed by atoms with van der Waals surface area (Å²) in [5.74, 6) is -0.761.